The van der Waals surface area contributed by atoms with Crippen molar-refractivity contribution in [2.75, 3.05) is 0 Å². The summed E-state index contributed by atoms with van der Waals surface area (Å²) in [6.45, 7) is 0. The molecule has 4 nitrogen and oxygen atoms in total. The molecule has 0 aliphatic carbocycles. The minimum atomic E-state index is -0.770. The molecule has 96 valence electrons. The van der Waals surface area contributed by atoms with Gasteiger partial charge >= 0.3 is 6.19 Å². The van der Waals surface area contributed by atoms with Gasteiger partial charge in [0, 0.05) is 12.1 Å². The minimum Gasteiger partial charge on any atom is -0.438 e. The molecule has 1 N–H and O–H groups in total. The summed E-state index contributed by atoms with van der Waals surface area (Å²) in [7, 11) is 0. The van der Waals surface area contributed by atoms with Crippen LogP contribution in [0.4, 0.5) is 5.69 Å². The number of thiol groups is 1. The number of rotatable bonds is 4. The molecule has 6 heteroatoms. The van der Waals surface area contributed by atoms with Gasteiger partial charge in [-0.2, -0.15) is 12.5 Å². The lowest BCUT2D eigenvalue weighted by Crippen LogP contribution is -2.23. The first-order chi connectivity index (χ1) is 9.06. The van der Waals surface area contributed by atoms with Crippen LogP contribution in [-0.4, -0.2) is 16.1 Å². The Hall–Kier alpha value is -1.79. The molecule has 0 spiro atoms. The highest BCUT2D eigenvalue weighted by Crippen LogP contribution is 2.14. The summed E-state index contributed by atoms with van der Waals surface area (Å²) >= 11 is 3.94. The number of non-ortho nitro benzene ring substituents is 1. The molecular weight excluding hydrogens is 261 g/mol. The van der Waals surface area contributed by atoms with Crippen LogP contribution in [0.5, 0.6) is 0 Å². The molecule has 0 saturated heterocycles. The van der Waals surface area contributed by atoms with Crippen molar-refractivity contribution >= 4 is 29.8 Å². The quantitative estimate of drug-likeness (QED) is 0.386. The Kier molecular flexibility index (Phi) is 4.24. The third kappa shape index (κ3) is 3.59. The largest absolute Gasteiger partial charge is 0.438 e. The Labute approximate surface area is 116 Å². The van der Waals surface area contributed by atoms with Crippen LogP contribution in [0, 0.1) is 10.1 Å². The van der Waals surface area contributed by atoms with E-state index in [-0.39, 0.29) is 5.69 Å². The normalized spacial score (nSPS) is 10.2. The van der Waals surface area contributed by atoms with Gasteiger partial charge in [0.25, 0.3) is 5.69 Å². The molecule has 0 aliphatic heterocycles. The highest BCUT2D eigenvalue weighted by Gasteiger charge is 2.08. The topological polar surface area (TPSA) is 63.4 Å². The van der Waals surface area contributed by atoms with Crippen molar-refractivity contribution < 1.29 is 9.95 Å². The second-order valence-corrected chi connectivity index (χ2v) is 4.70. The number of nitrogens with zero attached hydrogens (tertiary/aromatic N) is 1. The van der Waals surface area contributed by atoms with Crippen LogP contribution in [0.2, 0.25) is 0 Å². The van der Waals surface area contributed by atoms with Crippen molar-refractivity contribution in [2.45, 2.75) is 6.42 Å². The standard InChI is InChI=1S/C13H12BNO3S/c16-14(19)12-5-1-10(2-6-12)9-11-3-7-13(8-4-11)15(17)18/h1-8,16,19H,9H2. The van der Waals surface area contributed by atoms with Crippen LogP contribution in [-0.2, 0) is 6.42 Å². The molecule has 0 radical (unpaired) electrons. The van der Waals surface area contributed by atoms with Crippen LogP contribution in [0.15, 0.2) is 48.5 Å². The predicted octanol–water partition coefficient (Wildman–Crippen LogP) is 1.80. The summed E-state index contributed by atoms with van der Waals surface area (Å²) in [5.74, 6) is 0. The van der Waals surface area contributed by atoms with Crippen molar-refractivity contribution in [3.63, 3.8) is 0 Å². The van der Waals surface area contributed by atoms with E-state index in [4.69, 9.17) is 0 Å². The first-order valence-electron chi connectivity index (χ1n) is 5.74. The van der Waals surface area contributed by atoms with E-state index in [1.807, 2.05) is 24.3 Å². The van der Waals surface area contributed by atoms with Gasteiger partial charge in [-0.15, -0.1) is 0 Å². The summed E-state index contributed by atoms with van der Waals surface area (Å²) < 4.78 is 0. The van der Waals surface area contributed by atoms with E-state index in [1.165, 1.54) is 12.1 Å². The van der Waals surface area contributed by atoms with Crippen molar-refractivity contribution in [3.05, 3.63) is 69.8 Å². The second-order valence-electron chi connectivity index (χ2n) is 4.22. The van der Waals surface area contributed by atoms with E-state index >= 15 is 0 Å². The lowest BCUT2D eigenvalue weighted by molar-refractivity contribution is -0.384. The number of hydrogen-bond donors (Lipinski definition) is 2. The van der Waals surface area contributed by atoms with Gasteiger partial charge in [-0.1, -0.05) is 36.4 Å². The summed E-state index contributed by atoms with van der Waals surface area (Å²) in [6, 6.07) is 14.0. The smallest absolute Gasteiger partial charge is 0.390 e. The van der Waals surface area contributed by atoms with Gasteiger partial charge in [0.1, 0.15) is 0 Å². The molecule has 2 aromatic rings. The predicted molar refractivity (Wildman–Crippen MR) is 78.9 cm³/mol. The zero-order valence-corrected chi connectivity index (χ0v) is 11.0. The molecule has 0 heterocycles. The third-order valence-electron chi connectivity index (χ3n) is 2.83. The van der Waals surface area contributed by atoms with Crippen LogP contribution in [0.3, 0.4) is 0 Å². The van der Waals surface area contributed by atoms with Crippen LogP contribution < -0.4 is 5.46 Å². The van der Waals surface area contributed by atoms with Gasteiger partial charge in [0.2, 0.25) is 0 Å². The maximum Gasteiger partial charge on any atom is 0.390 e. The molecule has 2 aromatic carbocycles. The zero-order valence-electron chi connectivity index (χ0n) is 10.1. The Morgan fingerprint density at radius 2 is 1.53 bits per heavy atom. The molecule has 19 heavy (non-hydrogen) atoms. The first kappa shape index (κ1) is 13.6. The van der Waals surface area contributed by atoms with Gasteiger partial charge in [0.05, 0.1) is 4.92 Å². The van der Waals surface area contributed by atoms with Crippen LogP contribution in [0.25, 0.3) is 0 Å². The number of nitro groups is 1. The summed E-state index contributed by atoms with van der Waals surface area (Å²) in [5.41, 5.74) is 2.92. The number of benzene rings is 2. The molecule has 0 amide bonds. The average molecular weight is 273 g/mol. The van der Waals surface area contributed by atoms with Gasteiger partial charge in [0.15, 0.2) is 0 Å². The Morgan fingerprint density at radius 3 is 1.95 bits per heavy atom. The van der Waals surface area contributed by atoms with E-state index in [1.54, 1.807) is 12.1 Å². The molecule has 2 rings (SSSR count). The van der Waals surface area contributed by atoms with E-state index in [0.29, 0.717) is 6.42 Å². The zero-order chi connectivity index (χ0) is 13.8. The van der Waals surface area contributed by atoms with E-state index in [0.717, 1.165) is 16.6 Å². The van der Waals surface area contributed by atoms with Gasteiger partial charge in [-0.05, 0) is 23.0 Å². The maximum absolute atomic E-state index is 10.5. The molecule has 0 unspecified atom stereocenters. The van der Waals surface area contributed by atoms with Crippen LogP contribution >= 0.6 is 12.5 Å². The highest BCUT2D eigenvalue weighted by molar-refractivity contribution is 8.10. The van der Waals surface area contributed by atoms with Crippen molar-refractivity contribution in [1.29, 1.82) is 0 Å². The summed E-state index contributed by atoms with van der Waals surface area (Å²) in [5, 5.41) is 19.8. The Morgan fingerprint density at radius 1 is 1.05 bits per heavy atom. The lowest BCUT2D eigenvalue weighted by atomic mass is 9.86. The SMILES string of the molecule is O=[N+]([O-])c1ccc(Cc2ccc(B(O)S)cc2)cc1. The highest BCUT2D eigenvalue weighted by atomic mass is 32.1. The number of hydrogen-bond acceptors (Lipinski definition) is 4. The first-order valence-corrected chi connectivity index (χ1v) is 6.26. The van der Waals surface area contributed by atoms with E-state index in [9.17, 15) is 15.1 Å². The molecule has 0 fully saturated rings. The Bertz CT molecular complexity index is 569. The Balaban J connectivity index is 2.10. The van der Waals surface area contributed by atoms with E-state index < -0.39 is 11.1 Å². The lowest BCUT2D eigenvalue weighted by Gasteiger charge is -2.04. The number of nitro benzene ring substituents is 1. The molecule has 0 bridgehead atoms. The molecular formula is C13H12BNO3S. The van der Waals surface area contributed by atoms with Crippen LogP contribution in [0.1, 0.15) is 11.1 Å². The second kappa shape index (κ2) is 5.90. The average Bonchev–Trinajstić information content (AvgIpc) is 2.40. The monoisotopic (exact) mass is 273 g/mol. The van der Waals surface area contributed by atoms with Crippen molar-refractivity contribution in [2.24, 2.45) is 0 Å². The third-order valence-corrected chi connectivity index (χ3v) is 3.13. The molecule has 0 saturated carbocycles. The maximum atomic E-state index is 10.5. The molecule has 0 atom stereocenters. The fraction of sp³-hybridized carbons (Fsp3) is 0.0769. The van der Waals surface area contributed by atoms with Crippen molar-refractivity contribution in [1.82, 2.24) is 0 Å². The van der Waals surface area contributed by atoms with Crippen molar-refractivity contribution in [3.8, 4) is 0 Å². The fourth-order valence-corrected chi connectivity index (χ4v) is 1.95. The summed E-state index contributed by atoms with van der Waals surface area (Å²) in [4.78, 5) is 10.1. The summed E-state index contributed by atoms with van der Waals surface area (Å²) in [6.07, 6.45) is -0.0746. The molecule has 0 aliphatic rings. The van der Waals surface area contributed by atoms with Gasteiger partial charge in [-0.25, -0.2) is 0 Å². The van der Waals surface area contributed by atoms with Gasteiger partial charge in [-0.3, -0.25) is 10.1 Å². The minimum absolute atomic E-state index is 0.0947. The fourth-order valence-electron chi connectivity index (χ4n) is 1.78. The molecule has 0 aromatic heterocycles. The van der Waals surface area contributed by atoms with E-state index in [2.05, 4.69) is 12.5 Å². The van der Waals surface area contributed by atoms with Gasteiger partial charge < -0.3 is 5.02 Å².